The quantitative estimate of drug-likeness (QED) is 0.897. The van der Waals surface area contributed by atoms with Gasteiger partial charge in [0.25, 0.3) is 0 Å². The fraction of sp³-hybridized carbons (Fsp3) is 0.364. The highest BCUT2D eigenvalue weighted by molar-refractivity contribution is 9.10. The Morgan fingerprint density at radius 1 is 1.37 bits per heavy atom. The SMILES string of the molecule is CCCNc1nc(-c2c(Br)nnn2C)c(Cl)cc1Cl. The molecule has 0 aliphatic heterocycles. The highest BCUT2D eigenvalue weighted by Gasteiger charge is 2.18. The zero-order valence-corrected chi connectivity index (χ0v) is 13.5. The fourth-order valence-electron chi connectivity index (χ4n) is 1.58. The molecule has 0 aliphatic carbocycles. The largest absolute Gasteiger partial charge is 0.369 e. The van der Waals surface area contributed by atoms with Gasteiger partial charge in [-0.3, -0.25) is 0 Å². The third kappa shape index (κ3) is 3.01. The molecule has 0 spiro atoms. The molecule has 1 N–H and O–H groups in total. The van der Waals surface area contributed by atoms with Crippen molar-refractivity contribution in [3.63, 3.8) is 0 Å². The molecular weight excluding hydrogens is 353 g/mol. The van der Waals surface area contributed by atoms with Crippen LogP contribution in [0.1, 0.15) is 13.3 Å². The summed E-state index contributed by atoms with van der Waals surface area (Å²) >= 11 is 15.7. The first kappa shape index (κ1) is 14.6. The molecule has 0 aliphatic rings. The second kappa shape index (κ2) is 6.07. The van der Waals surface area contributed by atoms with Crippen LogP contribution >= 0.6 is 39.1 Å². The van der Waals surface area contributed by atoms with E-state index in [1.165, 1.54) is 0 Å². The molecule has 102 valence electrons. The van der Waals surface area contributed by atoms with E-state index in [9.17, 15) is 0 Å². The van der Waals surface area contributed by atoms with E-state index in [4.69, 9.17) is 23.2 Å². The first-order chi connectivity index (χ1) is 9.04. The minimum Gasteiger partial charge on any atom is -0.369 e. The fourth-order valence-corrected chi connectivity index (χ4v) is 2.61. The van der Waals surface area contributed by atoms with Gasteiger partial charge in [-0.1, -0.05) is 35.3 Å². The second-order valence-electron chi connectivity index (χ2n) is 3.93. The van der Waals surface area contributed by atoms with Crippen LogP contribution in [0, 0.1) is 0 Å². The lowest BCUT2D eigenvalue weighted by Gasteiger charge is -2.10. The van der Waals surface area contributed by atoms with Crippen LogP contribution in [0.5, 0.6) is 0 Å². The monoisotopic (exact) mass is 363 g/mol. The van der Waals surface area contributed by atoms with Crippen LogP contribution < -0.4 is 5.32 Å². The van der Waals surface area contributed by atoms with Crippen molar-refractivity contribution in [2.24, 2.45) is 7.05 Å². The summed E-state index contributed by atoms with van der Waals surface area (Å²) in [6, 6.07) is 1.67. The number of pyridine rings is 1. The summed E-state index contributed by atoms with van der Waals surface area (Å²) in [6.45, 7) is 2.86. The maximum atomic E-state index is 6.21. The highest BCUT2D eigenvalue weighted by Crippen LogP contribution is 2.34. The van der Waals surface area contributed by atoms with Gasteiger partial charge in [0.1, 0.15) is 17.2 Å². The molecule has 2 heterocycles. The molecule has 0 radical (unpaired) electrons. The van der Waals surface area contributed by atoms with E-state index >= 15 is 0 Å². The third-order valence-electron chi connectivity index (χ3n) is 2.48. The van der Waals surface area contributed by atoms with Gasteiger partial charge in [-0.05, 0) is 28.4 Å². The standard InChI is InChI=1S/C11H12BrCl2N5/c1-3-4-15-11-7(14)5-6(13)8(16-11)9-10(12)17-18-19(9)2/h5H,3-4H2,1-2H3,(H,15,16). The predicted octanol–water partition coefficient (Wildman–Crippen LogP) is 3.77. The van der Waals surface area contributed by atoms with E-state index in [0.717, 1.165) is 13.0 Å². The molecule has 2 rings (SSSR count). The van der Waals surface area contributed by atoms with E-state index in [0.29, 0.717) is 31.9 Å². The molecular formula is C11H12BrCl2N5. The third-order valence-corrected chi connectivity index (χ3v) is 3.59. The summed E-state index contributed by atoms with van der Waals surface area (Å²) in [6.07, 6.45) is 0.979. The molecule has 5 nitrogen and oxygen atoms in total. The summed E-state index contributed by atoms with van der Waals surface area (Å²) in [5.74, 6) is 0.607. The average Bonchev–Trinajstić information content (AvgIpc) is 2.69. The van der Waals surface area contributed by atoms with Crippen LogP contribution in [0.3, 0.4) is 0 Å². The Kier molecular flexibility index (Phi) is 4.65. The molecule has 0 unspecified atom stereocenters. The van der Waals surface area contributed by atoms with Gasteiger partial charge in [0, 0.05) is 13.6 Å². The van der Waals surface area contributed by atoms with E-state index in [1.807, 2.05) is 0 Å². The van der Waals surface area contributed by atoms with Crippen LogP contribution in [-0.4, -0.2) is 26.5 Å². The number of rotatable bonds is 4. The van der Waals surface area contributed by atoms with E-state index in [-0.39, 0.29) is 0 Å². The molecule has 2 aromatic rings. The van der Waals surface area contributed by atoms with Crippen molar-refractivity contribution in [1.29, 1.82) is 0 Å². The summed E-state index contributed by atoms with van der Waals surface area (Å²) in [5.41, 5.74) is 1.30. The zero-order chi connectivity index (χ0) is 14.0. The van der Waals surface area contributed by atoms with E-state index < -0.39 is 0 Å². The smallest absolute Gasteiger partial charge is 0.157 e. The molecule has 0 amide bonds. The van der Waals surface area contributed by atoms with E-state index in [1.54, 1.807) is 17.8 Å². The van der Waals surface area contributed by atoms with Gasteiger partial charge in [-0.15, -0.1) is 5.10 Å². The van der Waals surface area contributed by atoms with Crippen molar-refractivity contribution >= 4 is 44.9 Å². The number of aromatic nitrogens is 4. The molecule has 8 heteroatoms. The van der Waals surface area contributed by atoms with Crippen LogP contribution in [0.25, 0.3) is 11.4 Å². The Hall–Kier alpha value is -0.850. The Bertz CT molecular complexity index is 580. The van der Waals surface area contributed by atoms with E-state index in [2.05, 4.69) is 43.5 Å². The molecule has 0 atom stereocenters. The lowest BCUT2D eigenvalue weighted by molar-refractivity contribution is 0.718. The summed E-state index contributed by atoms with van der Waals surface area (Å²) in [4.78, 5) is 4.47. The number of hydrogen-bond donors (Lipinski definition) is 1. The number of nitrogens with zero attached hydrogens (tertiary/aromatic N) is 4. The molecule has 2 aromatic heterocycles. The number of hydrogen-bond acceptors (Lipinski definition) is 4. The molecule has 0 fully saturated rings. The number of halogens is 3. The number of aryl methyl sites for hydroxylation is 1. The zero-order valence-electron chi connectivity index (χ0n) is 10.4. The topological polar surface area (TPSA) is 55.6 Å². The maximum Gasteiger partial charge on any atom is 0.157 e. The van der Waals surface area contributed by atoms with Crippen molar-refractivity contribution in [1.82, 2.24) is 20.0 Å². The normalized spacial score (nSPS) is 10.8. The van der Waals surface area contributed by atoms with Crippen LogP contribution in [-0.2, 0) is 7.05 Å². The Morgan fingerprint density at radius 3 is 2.68 bits per heavy atom. The second-order valence-corrected chi connectivity index (χ2v) is 5.49. The van der Waals surface area contributed by atoms with Crippen molar-refractivity contribution < 1.29 is 0 Å². The summed E-state index contributed by atoms with van der Waals surface area (Å²) < 4.78 is 2.20. The van der Waals surface area contributed by atoms with Gasteiger partial charge in [0.05, 0.1) is 10.0 Å². The van der Waals surface area contributed by atoms with Gasteiger partial charge in [-0.2, -0.15) is 0 Å². The number of anilines is 1. The van der Waals surface area contributed by atoms with Crippen molar-refractivity contribution in [2.75, 3.05) is 11.9 Å². The molecule has 0 saturated carbocycles. The highest BCUT2D eigenvalue weighted by atomic mass is 79.9. The Morgan fingerprint density at radius 2 is 2.11 bits per heavy atom. The summed E-state index contributed by atoms with van der Waals surface area (Å²) in [7, 11) is 1.78. The minimum absolute atomic E-state index is 0.457. The van der Waals surface area contributed by atoms with Crippen LogP contribution in [0.2, 0.25) is 10.0 Å². The Balaban J connectivity index is 2.51. The molecule has 0 aromatic carbocycles. The van der Waals surface area contributed by atoms with Gasteiger partial charge in [0.2, 0.25) is 0 Å². The van der Waals surface area contributed by atoms with Gasteiger partial charge in [-0.25, -0.2) is 9.67 Å². The van der Waals surface area contributed by atoms with Gasteiger partial charge < -0.3 is 5.32 Å². The van der Waals surface area contributed by atoms with Gasteiger partial charge >= 0.3 is 0 Å². The maximum absolute atomic E-state index is 6.21. The van der Waals surface area contributed by atoms with Crippen LogP contribution in [0.15, 0.2) is 10.7 Å². The Labute approximate surface area is 129 Å². The first-order valence-corrected chi connectivity index (χ1v) is 7.25. The summed E-state index contributed by atoms with van der Waals surface area (Å²) in [5, 5.41) is 12.0. The van der Waals surface area contributed by atoms with Crippen molar-refractivity contribution in [3.05, 3.63) is 20.7 Å². The predicted molar refractivity (Wildman–Crippen MR) is 80.7 cm³/mol. The van der Waals surface area contributed by atoms with Crippen LogP contribution in [0.4, 0.5) is 5.82 Å². The first-order valence-electron chi connectivity index (χ1n) is 5.70. The molecule has 0 bridgehead atoms. The van der Waals surface area contributed by atoms with Crippen molar-refractivity contribution in [3.8, 4) is 11.4 Å². The van der Waals surface area contributed by atoms with Gasteiger partial charge in [0.15, 0.2) is 4.60 Å². The molecule has 0 saturated heterocycles. The lowest BCUT2D eigenvalue weighted by atomic mass is 10.2. The average molecular weight is 365 g/mol. The lowest BCUT2D eigenvalue weighted by Crippen LogP contribution is -2.05. The minimum atomic E-state index is 0.457. The van der Waals surface area contributed by atoms with Crippen molar-refractivity contribution in [2.45, 2.75) is 13.3 Å². The molecule has 19 heavy (non-hydrogen) atoms. The number of nitrogens with one attached hydrogen (secondary N) is 1.